The Morgan fingerprint density at radius 3 is 2.57 bits per heavy atom. The average molecular weight is 492 g/mol. The molecule has 1 aromatic heterocycles. The third kappa shape index (κ3) is 4.47. The summed E-state index contributed by atoms with van der Waals surface area (Å²) in [6.07, 6.45) is 2.67. The Balaban J connectivity index is 1.46. The Kier molecular flexibility index (Phi) is 6.17. The quantitative estimate of drug-likeness (QED) is 0.226. The first-order chi connectivity index (χ1) is 16.8. The molecule has 180 valence electrons. The number of benzene rings is 3. The minimum atomic E-state index is -3.69. The molecule has 1 aliphatic rings. The van der Waals surface area contributed by atoms with Crippen LogP contribution in [0.3, 0.4) is 0 Å². The van der Waals surface area contributed by atoms with E-state index in [-0.39, 0.29) is 17.1 Å². The lowest BCUT2D eigenvalue weighted by Gasteiger charge is -2.26. The number of hydrogen-bond acceptors (Lipinski definition) is 6. The highest BCUT2D eigenvalue weighted by atomic mass is 32.2. The number of aryl methyl sites for hydroxylation is 1. The van der Waals surface area contributed by atoms with Crippen LogP contribution in [0.25, 0.3) is 21.7 Å². The molecule has 0 saturated carbocycles. The van der Waals surface area contributed by atoms with Crippen LogP contribution in [0.2, 0.25) is 0 Å². The van der Waals surface area contributed by atoms with Gasteiger partial charge in [0.1, 0.15) is 12.2 Å². The monoisotopic (exact) mass is 491 g/mol. The molecule has 0 N–H and O–H groups in total. The Hall–Kier alpha value is -3.49. The van der Waals surface area contributed by atoms with Crippen LogP contribution in [0.15, 0.2) is 74.8 Å². The van der Waals surface area contributed by atoms with Crippen molar-refractivity contribution in [3.8, 4) is 0 Å². The van der Waals surface area contributed by atoms with Crippen molar-refractivity contribution in [2.45, 2.75) is 37.7 Å². The molecule has 35 heavy (non-hydrogen) atoms. The van der Waals surface area contributed by atoms with Crippen molar-refractivity contribution in [2.75, 3.05) is 13.1 Å². The van der Waals surface area contributed by atoms with E-state index in [1.165, 1.54) is 22.5 Å². The van der Waals surface area contributed by atoms with E-state index >= 15 is 0 Å². The predicted molar refractivity (Wildman–Crippen MR) is 133 cm³/mol. The number of piperidine rings is 1. The fraction of sp³-hybridized carbons (Fsp3) is 0.259. The molecule has 2 heterocycles. The normalized spacial score (nSPS) is 14.9. The fourth-order valence-electron chi connectivity index (χ4n) is 4.59. The van der Waals surface area contributed by atoms with E-state index in [0.29, 0.717) is 35.2 Å². The van der Waals surface area contributed by atoms with Gasteiger partial charge in [0.25, 0.3) is 0 Å². The van der Waals surface area contributed by atoms with Gasteiger partial charge in [-0.1, -0.05) is 42.8 Å². The maximum Gasteiger partial charge on any atom is 0.338 e. The number of fused-ring (bicyclic) bond motifs is 3. The lowest BCUT2D eigenvalue weighted by atomic mass is 10.0. The zero-order valence-corrected chi connectivity index (χ0v) is 20.1. The number of hydrogen-bond donors (Lipinski definition) is 0. The van der Waals surface area contributed by atoms with Crippen LogP contribution in [0.5, 0.6) is 0 Å². The number of carbonyl (C=O) groups excluding carboxylic acids is 1. The van der Waals surface area contributed by atoms with Gasteiger partial charge in [-0.15, -0.1) is 0 Å². The van der Waals surface area contributed by atoms with Gasteiger partial charge < -0.3 is 9.15 Å². The first kappa shape index (κ1) is 23.3. The standard InChI is InChI=1S/C27H25NO6S/c1-18-9-11-21(35(31,32)28-13-5-2-6-14-28)16-23(18)27(30)33-17-20-15-25(29)34-24-12-10-19-7-3-4-8-22(19)26(20)24/h3-4,7-12,15-16H,2,5-6,13-14,17H2,1H3. The number of sulfonamides is 1. The largest absolute Gasteiger partial charge is 0.457 e. The minimum absolute atomic E-state index is 0.0775. The first-order valence-electron chi connectivity index (χ1n) is 11.6. The highest BCUT2D eigenvalue weighted by Crippen LogP contribution is 2.28. The maximum absolute atomic E-state index is 13.1. The Morgan fingerprint density at radius 1 is 1.00 bits per heavy atom. The van der Waals surface area contributed by atoms with Crippen molar-refractivity contribution >= 4 is 37.7 Å². The molecule has 0 spiro atoms. The number of esters is 1. The minimum Gasteiger partial charge on any atom is -0.457 e. The summed E-state index contributed by atoms with van der Waals surface area (Å²) >= 11 is 0. The van der Waals surface area contributed by atoms with Crippen molar-refractivity contribution in [3.63, 3.8) is 0 Å². The number of carbonyl (C=O) groups is 1. The lowest BCUT2D eigenvalue weighted by Crippen LogP contribution is -2.35. The van der Waals surface area contributed by atoms with Crippen LogP contribution < -0.4 is 5.63 Å². The molecular formula is C27H25NO6S. The molecule has 8 heteroatoms. The van der Waals surface area contributed by atoms with Gasteiger partial charge in [0.15, 0.2) is 0 Å². The van der Waals surface area contributed by atoms with Gasteiger partial charge >= 0.3 is 11.6 Å². The fourth-order valence-corrected chi connectivity index (χ4v) is 6.13. The van der Waals surface area contributed by atoms with E-state index in [0.717, 1.165) is 30.0 Å². The van der Waals surface area contributed by atoms with Crippen LogP contribution in [-0.4, -0.2) is 31.8 Å². The molecule has 0 aliphatic carbocycles. The SMILES string of the molecule is Cc1ccc(S(=O)(=O)N2CCCCC2)cc1C(=O)OCc1cc(=O)oc2ccc3ccccc3c12. The van der Waals surface area contributed by atoms with Crippen molar-refractivity contribution in [1.82, 2.24) is 4.31 Å². The summed E-state index contributed by atoms with van der Waals surface area (Å²) < 4.78 is 38.6. The van der Waals surface area contributed by atoms with Crippen molar-refractivity contribution in [3.05, 3.63) is 87.8 Å². The molecule has 0 bridgehead atoms. The predicted octanol–water partition coefficient (Wildman–Crippen LogP) is 4.79. The van der Waals surface area contributed by atoms with E-state index in [2.05, 4.69) is 0 Å². The molecule has 1 aliphatic heterocycles. The number of nitrogens with zero attached hydrogens (tertiary/aromatic N) is 1. The van der Waals surface area contributed by atoms with Gasteiger partial charge in [-0.2, -0.15) is 4.31 Å². The van der Waals surface area contributed by atoms with Gasteiger partial charge in [-0.25, -0.2) is 18.0 Å². The molecule has 0 atom stereocenters. The maximum atomic E-state index is 13.1. The molecular weight excluding hydrogens is 466 g/mol. The molecule has 4 aromatic rings. The topological polar surface area (TPSA) is 93.9 Å². The molecule has 7 nitrogen and oxygen atoms in total. The third-order valence-electron chi connectivity index (χ3n) is 6.46. The Bertz CT molecular complexity index is 1600. The second kappa shape index (κ2) is 9.28. The van der Waals surface area contributed by atoms with Crippen LogP contribution >= 0.6 is 0 Å². The van der Waals surface area contributed by atoms with Gasteiger partial charge in [0.05, 0.1) is 10.5 Å². The van der Waals surface area contributed by atoms with Crippen LogP contribution in [0, 0.1) is 6.92 Å². The Morgan fingerprint density at radius 2 is 1.77 bits per heavy atom. The molecule has 1 saturated heterocycles. The van der Waals surface area contributed by atoms with Gasteiger partial charge in [-0.05, 0) is 54.3 Å². The summed E-state index contributed by atoms with van der Waals surface area (Å²) in [6, 6.07) is 17.1. The number of rotatable bonds is 5. The van der Waals surface area contributed by atoms with E-state index in [1.807, 2.05) is 30.3 Å². The molecule has 1 fully saturated rings. The van der Waals surface area contributed by atoms with Crippen molar-refractivity contribution < 1.29 is 22.4 Å². The summed E-state index contributed by atoms with van der Waals surface area (Å²) in [5, 5.41) is 2.55. The third-order valence-corrected chi connectivity index (χ3v) is 8.35. The van der Waals surface area contributed by atoms with Gasteiger partial charge in [-0.3, -0.25) is 0 Å². The second-order valence-electron chi connectivity index (χ2n) is 8.77. The summed E-state index contributed by atoms with van der Waals surface area (Å²) in [4.78, 5) is 25.3. The lowest BCUT2D eigenvalue weighted by molar-refractivity contribution is 0.0472. The van der Waals surface area contributed by atoms with E-state index in [9.17, 15) is 18.0 Å². The highest BCUT2D eigenvalue weighted by Gasteiger charge is 2.27. The molecule has 0 unspecified atom stereocenters. The zero-order valence-electron chi connectivity index (χ0n) is 19.3. The molecule has 3 aromatic carbocycles. The summed E-state index contributed by atoms with van der Waals surface area (Å²) in [5.74, 6) is -0.653. The van der Waals surface area contributed by atoms with Crippen LogP contribution in [-0.2, 0) is 21.4 Å². The molecule has 5 rings (SSSR count). The van der Waals surface area contributed by atoms with E-state index in [4.69, 9.17) is 9.15 Å². The summed E-state index contributed by atoms with van der Waals surface area (Å²) in [7, 11) is -3.69. The van der Waals surface area contributed by atoms with Crippen molar-refractivity contribution in [2.24, 2.45) is 0 Å². The first-order valence-corrected chi connectivity index (χ1v) is 13.0. The molecule has 0 radical (unpaired) electrons. The van der Waals surface area contributed by atoms with Crippen molar-refractivity contribution in [1.29, 1.82) is 0 Å². The van der Waals surface area contributed by atoms with E-state index < -0.39 is 21.6 Å². The second-order valence-corrected chi connectivity index (χ2v) is 10.7. The van der Waals surface area contributed by atoms with Gasteiger partial charge in [0, 0.05) is 30.1 Å². The van der Waals surface area contributed by atoms with Crippen LogP contribution in [0.1, 0.15) is 40.7 Å². The summed E-state index contributed by atoms with van der Waals surface area (Å²) in [6.45, 7) is 2.53. The van der Waals surface area contributed by atoms with Gasteiger partial charge in [0.2, 0.25) is 10.0 Å². The van der Waals surface area contributed by atoms with Crippen LogP contribution in [0.4, 0.5) is 0 Å². The van der Waals surface area contributed by atoms with E-state index in [1.54, 1.807) is 19.1 Å². The Labute approximate surface area is 203 Å². The summed E-state index contributed by atoms with van der Waals surface area (Å²) in [5.41, 5.74) is 1.18. The highest BCUT2D eigenvalue weighted by molar-refractivity contribution is 7.89. The zero-order chi connectivity index (χ0) is 24.6. The molecule has 0 amide bonds. The smallest absolute Gasteiger partial charge is 0.338 e. The number of ether oxygens (including phenoxy) is 1. The average Bonchev–Trinajstić information content (AvgIpc) is 2.87.